The second-order valence-corrected chi connectivity index (χ2v) is 4.55. The fourth-order valence-corrected chi connectivity index (χ4v) is 2.11. The summed E-state index contributed by atoms with van der Waals surface area (Å²) in [6, 6.07) is 0. The Labute approximate surface area is 91.7 Å². The zero-order valence-electron chi connectivity index (χ0n) is 9.79. The van der Waals surface area contributed by atoms with Crippen LogP contribution in [0.5, 0.6) is 0 Å². The summed E-state index contributed by atoms with van der Waals surface area (Å²) in [5.74, 6) is 0. The van der Waals surface area contributed by atoms with Crippen LogP contribution in [0.1, 0.15) is 26.7 Å². The van der Waals surface area contributed by atoms with Gasteiger partial charge in [-0.3, -0.25) is 0 Å². The molecule has 4 heteroatoms. The van der Waals surface area contributed by atoms with Crippen molar-refractivity contribution < 1.29 is 14.6 Å². The molecule has 1 fully saturated rings. The van der Waals surface area contributed by atoms with Gasteiger partial charge in [-0.25, -0.2) is 0 Å². The lowest BCUT2D eigenvalue weighted by Gasteiger charge is -2.46. The van der Waals surface area contributed by atoms with Crippen molar-refractivity contribution in [1.82, 2.24) is 0 Å². The van der Waals surface area contributed by atoms with E-state index in [9.17, 15) is 5.11 Å². The maximum absolute atomic E-state index is 10.4. The maximum Gasteiger partial charge on any atom is 0.0942 e. The highest BCUT2D eigenvalue weighted by atomic mass is 16.5. The van der Waals surface area contributed by atoms with E-state index < -0.39 is 5.60 Å². The third-order valence-corrected chi connectivity index (χ3v) is 3.44. The first-order chi connectivity index (χ1) is 7.08. The van der Waals surface area contributed by atoms with Gasteiger partial charge in [0.2, 0.25) is 0 Å². The molecule has 0 aromatic heterocycles. The van der Waals surface area contributed by atoms with Crippen molar-refractivity contribution in [3.8, 4) is 0 Å². The number of ether oxygens (including phenoxy) is 2. The van der Waals surface area contributed by atoms with Crippen LogP contribution < -0.4 is 5.73 Å². The summed E-state index contributed by atoms with van der Waals surface area (Å²) in [7, 11) is 0. The van der Waals surface area contributed by atoms with E-state index in [4.69, 9.17) is 15.2 Å². The monoisotopic (exact) mass is 217 g/mol. The molecule has 2 unspecified atom stereocenters. The highest BCUT2D eigenvalue weighted by Crippen LogP contribution is 2.38. The van der Waals surface area contributed by atoms with Gasteiger partial charge >= 0.3 is 0 Å². The van der Waals surface area contributed by atoms with E-state index in [1.807, 2.05) is 6.92 Å². The molecule has 4 nitrogen and oxygen atoms in total. The Morgan fingerprint density at radius 1 is 1.60 bits per heavy atom. The molecule has 2 atom stereocenters. The lowest BCUT2D eigenvalue weighted by Crippen LogP contribution is -2.57. The van der Waals surface area contributed by atoms with Crippen molar-refractivity contribution in [2.24, 2.45) is 11.1 Å². The van der Waals surface area contributed by atoms with Crippen LogP contribution in [0, 0.1) is 5.41 Å². The highest BCUT2D eigenvalue weighted by Gasteiger charge is 2.47. The van der Waals surface area contributed by atoms with Crippen LogP contribution in [-0.2, 0) is 9.47 Å². The minimum absolute atomic E-state index is 0.323. The summed E-state index contributed by atoms with van der Waals surface area (Å²) in [4.78, 5) is 0. The van der Waals surface area contributed by atoms with Crippen molar-refractivity contribution in [2.45, 2.75) is 32.3 Å². The van der Waals surface area contributed by atoms with Crippen molar-refractivity contribution in [3.05, 3.63) is 0 Å². The van der Waals surface area contributed by atoms with Gasteiger partial charge in [0.05, 0.1) is 18.8 Å². The maximum atomic E-state index is 10.4. The number of rotatable bonds is 5. The Kier molecular flexibility index (Phi) is 4.52. The molecule has 1 rings (SSSR count). The fraction of sp³-hybridized carbons (Fsp3) is 1.00. The molecule has 0 aromatic carbocycles. The van der Waals surface area contributed by atoms with E-state index >= 15 is 0 Å². The lowest BCUT2D eigenvalue weighted by atomic mass is 9.69. The van der Waals surface area contributed by atoms with Crippen molar-refractivity contribution in [1.29, 1.82) is 0 Å². The highest BCUT2D eigenvalue weighted by molar-refractivity contribution is 4.98. The molecule has 0 spiro atoms. The Morgan fingerprint density at radius 2 is 2.33 bits per heavy atom. The van der Waals surface area contributed by atoms with E-state index in [-0.39, 0.29) is 5.41 Å². The Hall–Kier alpha value is -0.160. The second-order valence-electron chi connectivity index (χ2n) is 4.55. The first-order valence-corrected chi connectivity index (χ1v) is 5.66. The van der Waals surface area contributed by atoms with Crippen molar-refractivity contribution >= 4 is 0 Å². The van der Waals surface area contributed by atoms with E-state index in [1.54, 1.807) is 6.92 Å². The first kappa shape index (κ1) is 12.9. The zero-order valence-corrected chi connectivity index (χ0v) is 9.79. The summed E-state index contributed by atoms with van der Waals surface area (Å²) >= 11 is 0. The van der Waals surface area contributed by atoms with Crippen LogP contribution >= 0.6 is 0 Å². The fourth-order valence-electron chi connectivity index (χ4n) is 2.11. The van der Waals surface area contributed by atoms with Gasteiger partial charge < -0.3 is 20.3 Å². The first-order valence-electron chi connectivity index (χ1n) is 5.66. The number of nitrogens with two attached hydrogens (primary N) is 1. The van der Waals surface area contributed by atoms with Crippen LogP contribution in [0.4, 0.5) is 0 Å². The summed E-state index contributed by atoms with van der Waals surface area (Å²) in [6.07, 6.45) is 1.86. The van der Waals surface area contributed by atoms with Crippen LogP contribution in [0.25, 0.3) is 0 Å². The van der Waals surface area contributed by atoms with Crippen LogP contribution in [-0.4, -0.2) is 43.7 Å². The van der Waals surface area contributed by atoms with Crippen LogP contribution in [0.15, 0.2) is 0 Å². The summed E-state index contributed by atoms with van der Waals surface area (Å²) in [5, 5.41) is 10.4. The molecule has 0 aromatic rings. The Morgan fingerprint density at radius 3 is 2.80 bits per heavy atom. The molecular weight excluding hydrogens is 194 g/mol. The molecular formula is C11H23NO3. The number of hydrogen-bond acceptors (Lipinski definition) is 4. The average molecular weight is 217 g/mol. The summed E-state index contributed by atoms with van der Waals surface area (Å²) < 4.78 is 10.8. The Balaban J connectivity index is 2.69. The van der Waals surface area contributed by atoms with Gasteiger partial charge in [0.1, 0.15) is 0 Å². The van der Waals surface area contributed by atoms with Gasteiger partial charge in [0.15, 0.2) is 0 Å². The van der Waals surface area contributed by atoms with E-state index in [1.165, 1.54) is 0 Å². The SMILES string of the molecule is CCOCC(C)(O)C1(CN)CCCOC1. The number of aliphatic hydroxyl groups is 1. The van der Waals surface area contributed by atoms with E-state index in [2.05, 4.69) is 0 Å². The standard InChI is InChI=1S/C11H23NO3/c1-3-14-8-10(2,13)11(7-12)5-4-6-15-9-11/h13H,3-9,12H2,1-2H3. The smallest absolute Gasteiger partial charge is 0.0942 e. The molecule has 90 valence electrons. The molecule has 0 amide bonds. The quantitative estimate of drug-likeness (QED) is 0.705. The van der Waals surface area contributed by atoms with Gasteiger partial charge in [0.25, 0.3) is 0 Å². The molecule has 1 aliphatic rings. The molecule has 15 heavy (non-hydrogen) atoms. The largest absolute Gasteiger partial charge is 0.387 e. The molecule has 0 bridgehead atoms. The minimum atomic E-state index is -0.905. The molecule has 0 saturated carbocycles. The van der Waals surface area contributed by atoms with Crippen molar-refractivity contribution in [2.75, 3.05) is 33.0 Å². The van der Waals surface area contributed by atoms with Gasteiger partial charge in [-0.2, -0.15) is 0 Å². The summed E-state index contributed by atoms with van der Waals surface area (Å²) in [5.41, 5.74) is 4.55. The van der Waals surface area contributed by atoms with Gasteiger partial charge in [-0.15, -0.1) is 0 Å². The van der Waals surface area contributed by atoms with Crippen LogP contribution in [0.3, 0.4) is 0 Å². The molecule has 1 heterocycles. The Bertz CT molecular complexity index is 188. The van der Waals surface area contributed by atoms with Gasteiger partial charge in [-0.05, 0) is 26.7 Å². The molecule has 0 aliphatic carbocycles. The number of hydrogen-bond donors (Lipinski definition) is 2. The lowest BCUT2D eigenvalue weighted by molar-refractivity contribution is -0.162. The third-order valence-electron chi connectivity index (χ3n) is 3.44. The second kappa shape index (κ2) is 5.25. The predicted molar refractivity (Wildman–Crippen MR) is 58.7 cm³/mol. The minimum Gasteiger partial charge on any atom is -0.387 e. The van der Waals surface area contributed by atoms with Gasteiger partial charge in [0, 0.05) is 25.2 Å². The topological polar surface area (TPSA) is 64.7 Å². The molecule has 0 radical (unpaired) electrons. The molecule has 3 N–H and O–H groups in total. The predicted octanol–water partition coefficient (Wildman–Crippen LogP) is 0.529. The van der Waals surface area contributed by atoms with Crippen LogP contribution in [0.2, 0.25) is 0 Å². The zero-order chi connectivity index (χ0) is 11.4. The van der Waals surface area contributed by atoms with Gasteiger partial charge in [-0.1, -0.05) is 0 Å². The van der Waals surface area contributed by atoms with Crippen molar-refractivity contribution in [3.63, 3.8) is 0 Å². The van der Waals surface area contributed by atoms with E-state index in [0.717, 1.165) is 19.4 Å². The summed E-state index contributed by atoms with van der Waals surface area (Å²) in [6.45, 7) is 6.39. The van der Waals surface area contributed by atoms with E-state index in [0.29, 0.717) is 26.4 Å². The molecule has 1 aliphatic heterocycles. The molecule has 1 saturated heterocycles. The third kappa shape index (κ3) is 2.69. The normalized spacial score (nSPS) is 31.2. The average Bonchev–Trinajstić information content (AvgIpc) is 2.27.